The first-order chi connectivity index (χ1) is 12.1. The highest BCUT2D eigenvalue weighted by atomic mass is 32.1. The molecule has 0 unspecified atom stereocenters. The molecule has 3 aromatic rings. The Bertz CT molecular complexity index is 842. The summed E-state index contributed by atoms with van der Waals surface area (Å²) in [6.07, 6.45) is 4.70. The summed E-state index contributed by atoms with van der Waals surface area (Å²) in [5, 5.41) is 12.6. The third kappa shape index (κ3) is 3.92. The van der Waals surface area contributed by atoms with E-state index in [-0.39, 0.29) is 11.9 Å². The highest BCUT2D eigenvalue weighted by Crippen LogP contribution is 2.26. The van der Waals surface area contributed by atoms with Gasteiger partial charge in [0.2, 0.25) is 0 Å². The summed E-state index contributed by atoms with van der Waals surface area (Å²) in [7, 11) is 4.04. The number of carbonyl (C=O) groups excluding carboxylic acids is 1. The van der Waals surface area contributed by atoms with Gasteiger partial charge in [0.25, 0.3) is 5.91 Å². The summed E-state index contributed by atoms with van der Waals surface area (Å²) < 4.78 is 1.66. The maximum absolute atomic E-state index is 12.6. The number of nitrogens with zero attached hydrogens (tertiary/aromatic N) is 5. The van der Waals surface area contributed by atoms with Crippen molar-refractivity contribution in [1.29, 1.82) is 0 Å². The Balaban J connectivity index is 1.72. The minimum atomic E-state index is -0.127. The van der Waals surface area contributed by atoms with E-state index >= 15 is 0 Å². The molecule has 3 rings (SSSR count). The molecule has 0 fully saturated rings. The van der Waals surface area contributed by atoms with Crippen LogP contribution in [0, 0.1) is 6.92 Å². The van der Waals surface area contributed by atoms with Gasteiger partial charge in [0, 0.05) is 23.2 Å². The fourth-order valence-electron chi connectivity index (χ4n) is 2.55. The molecule has 25 heavy (non-hydrogen) atoms. The van der Waals surface area contributed by atoms with Crippen molar-refractivity contribution in [2.45, 2.75) is 13.0 Å². The normalized spacial score (nSPS) is 12.3. The molecule has 7 nitrogen and oxygen atoms in total. The first-order valence-electron chi connectivity index (χ1n) is 7.86. The second-order valence-electron chi connectivity index (χ2n) is 5.93. The fourth-order valence-corrected chi connectivity index (χ4v) is 3.67. The Kier molecular flexibility index (Phi) is 5.20. The molecular formula is C17H20N6OS. The monoisotopic (exact) mass is 356 g/mol. The number of aromatic nitrogens is 4. The van der Waals surface area contributed by atoms with Crippen molar-refractivity contribution in [3.63, 3.8) is 0 Å². The van der Waals surface area contributed by atoms with Gasteiger partial charge in [-0.25, -0.2) is 4.98 Å². The summed E-state index contributed by atoms with van der Waals surface area (Å²) in [5.74, 6) is 0.480. The van der Waals surface area contributed by atoms with Crippen LogP contribution in [-0.4, -0.2) is 51.2 Å². The number of hydrogen-bond acceptors (Lipinski definition) is 6. The Morgan fingerprint density at radius 2 is 2.08 bits per heavy atom. The Morgan fingerprint density at radius 3 is 2.72 bits per heavy atom. The quantitative estimate of drug-likeness (QED) is 0.732. The van der Waals surface area contributed by atoms with Gasteiger partial charge < -0.3 is 10.2 Å². The van der Waals surface area contributed by atoms with Crippen molar-refractivity contribution in [2.24, 2.45) is 0 Å². The lowest BCUT2D eigenvalue weighted by Crippen LogP contribution is -2.34. The van der Waals surface area contributed by atoms with Crippen LogP contribution in [0.3, 0.4) is 0 Å². The largest absolute Gasteiger partial charge is 0.350 e. The van der Waals surface area contributed by atoms with Gasteiger partial charge in [-0.15, -0.1) is 21.5 Å². The van der Waals surface area contributed by atoms with Crippen molar-refractivity contribution in [3.05, 3.63) is 58.4 Å². The molecule has 0 bridgehead atoms. The molecule has 0 saturated heterocycles. The number of rotatable bonds is 6. The maximum Gasteiger partial charge on any atom is 0.251 e. The van der Waals surface area contributed by atoms with Gasteiger partial charge >= 0.3 is 0 Å². The van der Waals surface area contributed by atoms with E-state index < -0.39 is 0 Å². The molecule has 0 radical (unpaired) electrons. The minimum Gasteiger partial charge on any atom is -0.350 e. The smallest absolute Gasteiger partial charge is 0.251 e. The third-order valence-corrected chi connectivity index (χ3v) is 5.09. The number of carbonyl (C=O) groups is 1. The van der Waals surface area contributed by atoms with Gasteiger partial charge in [-0.1, -0.05) is 0 Å². The molecule has 3 aromatic heterocycles. The number of pyridine rings is 1. The number of aryl methyl sites for hydroxylation is 1. The van der Waals surface area contributed by atoms with E-state index in [2.05, 4.69) is 43.8 Å². The van der Waals surface area contributed by atoms with Crippen molar-refractivity contribution < 1.29 is 4.79 Å². The van der Waals surface area contributed by atoms with Gasteiger partial charge in [0.1, 0.15) is 18.5 Å². The molecular weight excluding hydrogens is 336 g/mol. The highest BCUT2D eigenvalue weighted by molar-refractivity contribution is 7.10. The molecule has 1 N–H and O–H groups in total. The standard InChI is InChI=1S/C17H20N6OS/c1-12-5-7-25-16(12)14(22(2)3)9-19-17(24)13-4-6-18-15(8-13)23-10-20-21-11-23/h4-8,10-11,14H,9H2,1-3H3,(H,19,24)/t14-/m1/s1. The van der Waals surface area contributed by atoms with Crippen LogP contribution in [0.4, 0.5) is 0 Å². The van der Waals surface area contributed by atoms with Crippen LogP contribution in [0.1, 0.15) is 26.8 Å². The van der Waals surface area contributed by atoms with E-state index in [4.69, 9.17) is 0 Å². The second kappa shape index (κ2) is 7.54. The highest BCUT2D eigenvalue weighted by Gasteiger charge is 2.19. The molecule has 1 amide bonds. The van der Waals surface area contributed by atoms with Gasteiger partial charge in [0.05, 0.1) is 6.04 Å². The van der Waals surface area contributed by atoms with Gasteiger partial charge in [0.15, 0.2) is 0 Å². The molecule has 0 saturated carbocycles. The Labute approximate surface area is 150 Å². The van der Waals surface area contributed by atoms with Crippen LogP contribution in [0.2, 0.25) is 0 Å². The summed E-state index contributed by atoms with van der Waals surface area (Å²) in [5.41, 5.74) is 1.80. The lowest BCUT2D eigenvalue weighted by molar-refractivity contribution is 0.0942. The van der Waals surface area contributed by atoms with E-state index in [9.17, 15) is 4.79 Å². The predicted octanol–water partition coefficient (Wildman–Crippen LogP) is 2.06. The molecule has 0 aromatic carbocycles. The van der Waals surface area contributed by atoms with E-state index in [1.807, 2.05) is 14.1 Å². The van der Waals surface area contributed by atoms with Crippen LogP contribution < -0.4 is 5.32 Å². The summed E-state index contributed by atoms with van der Waals surface area (Å²) >= 11 is 1.71. The van der Waals surface area contributed by atoms with Crippen molar-refractivity contribution in [3.8, 4) is 5.82 Å². The van der Waals surface area contributed by atoms with Crippen molar-refractivity contribution >= 4 is 17.2 Å². The lowest BCUT2D eigenvalue weighted by Gasteiger charge is -2.24. The molecule has 0 aliphatic rings. The zero-order chi connectivity index (χ0) is 17.8. The van der Waals surface area contributed by atoms with Crippen LogP contribution in [0.15, 0.2) is 42.4 Å². The Morgan fingerprint density at radius 1 is 1.32 bits per heavy atom. The topological polar surface area (TPSA) is 75.9 Å². The predicted molar refractivity (Wildman–Crippen MR) is 97.0 cm³/mol. The molecule has 3 heterocycles. The summed E-state index contributed by atoms with van der Waals surface area (Å²) in [6, 6.07) is 5.67. The molecule has 0 spiro atoms. The van der Waals surface area contributed by atoms with Crippen molar-refractivity contribution in [1.82, 2.24) is 30.0 Å². The van der Waals surface area contributed by atoms with Crippen LogP contribution in [0.25, 0.3) is 5.82 Å². The number of likely N-dealkylation sites (N-methyl/N-ethyl adjacent to an activating group) is 1. The number of nitrogens with one attached hydrogen (secondary N) is 1. The Hall–Kier alpha value is -2.58. The number of thiophene rings is 1. The SMILES string of the molecule is Cc1ccsc1[C@@H](CNC(=O)c1ccnc(-n2cnnc2)c1)N(C)C. The minimum absolute atomic E-state index is 0.127. The van der Waals surface area contributed by atoms with E-state index in [1.54, 1.807) is 46.9 Å². The van der Waals surface area contributed by atoms with Gasteiger partial charge in [-0.05, 0) is 50.2 Å². The maximum atomic E-state index is 12.6. The summed E-state index contributed by atoms with van der Waals surface area (Å²) in [6.45, 7) is 2.63. The average molecular weight is 356 g/mol. The number of amides is 1. The zero-order valence-electron chi connectivity index (χ0n) is 14.4. The molecule has 0 aliphatic heterocycles. The molecule has 1 atom stereocenters. The average Bonchev–Trinajstić information content (AvgIpc) is 3.27. The number of hydrogen-bond donors (Lipinski definition) is 1. The zero-order valence-corrected chi connectivity index (χ0v) is 15.2. The first kappa shape index (κ1) is 17.2. The van der Waals surface area contributed by atoms with Gasteiger partial charge in [-0.3, -0.25) is 9.36 Å². The van der Waals surface area contributed by atoms with Crippen LogP contribution in [0.5, 0.6) is 0 Å². The van der Waals surface area contributed by atoms with E-state index in [1.165, 1.54) is 10.4 Å². The lowest BCUT2D eigenvalue weighted by atomic mass is 10.1. The first-order valence-corrected chi connectivity index (χ1v) is 8.74. The molecule has 0 aliphatic carbocycles. The molecule has 8 heteroatoms. The van der Waals surface area contributed by atoms with Crippen molar-refractivity contribution in [2.75, 3.05) is 20.6 Å². The van der Waals surface area contributed by atoms with Crippen LogP contribution in [-0.2, 0) is 0 Å². The van der Waals surface area contributed by atoms with Crippen LogP contribution >= 0.6 is 11.3 Å². The summed E-state index contributed by atoms with van der Waals surface area (Å²) in [4.78, 5) is 20.2. The molecule has 130 valence electrons. The third-order valence-electron chi connectivity index (χ3n) is 3.97. The second-order valence-corrected chi connectivity index (χ2v) is 6.88. The van der Waals surface area contributed by atoms with E-state index in [0.717, 1.165) is 0 Å². The van der Waals surface area contributed by atoms with Gasteiger partial charge in [-0.2, -0.15) is 0 Å². The fraction of sp³-hybridized carbons (Fsp3) is 0.294. The van der Waals surface area contributed by atoms with E-state index in [0.29, 0.717) is 17.9 Å².